The lowest BCUT2D eigenvalue weighted by Gasteiger charge is -2.30. The van der Waals surface area contributed by atoms with Gasteiger partial charge >= 0.3 is 0 Å². The quantitative estimate of drug-likeness (QED) is 0.394. The predicted molar refractivity (Wildman–Crippen MR) is 135 cm³/mol. The smallest absolute Gasteiger partial charge is 0.271 e. The lowest BCUT2D eigenvalue weighted by atomic mass is 9.83. The lowest BCUT2D eigenvalue weighted by Crippen LogP contribution is -2.38. The molecule has 33 heavy (non-hydrogen) atoms. The third kappa shape index (κ3) is 3.41. The average Bonchev–Trinajstić information content (AvgIpc) is 3.14. The van der Waals surface area contributed by atoms with Crippen molar-refractivity contribution in [3.63, 3.8) is 0 Å². The highest BCUT2D eigenvalue weighted by Gasteiger charge is 2.32. The minimum Gasteiger partial charge on any atom is -0.272 e. The van der Waals surface area contributed by atoms with Crippen molar-refractivity contribution in [3.8, 4) is 0 Å². The fraction of sp³-hybridized carbons (Fsp3) is 0.143. The van der Waals surface area contributed by atoms with E-state index in [2.05, 4.69) is 55.5 Å². The molecule has 0 radical (unpaired) electrons. The van der Waals surface area contributed by atoms with Crippen molar-refractivity contribution in [2.45, 2.75) is 25.8 Å². The third-order valence-electron chi connectivity index (χ3n) is 6.46. The molecule has 2 heterocycles. The van der Waals surface area contributed by atoms with Crippen molar-refractivity contribution in [1.29, 1.82) is 0 Å². The number of halogens is 1. The van der Waals surface area contributed by atoms with Crippen LogP contribution < -0.4 is 14.9 Å². The number of fused-ring (bicyclic) bond motifs is 3. The zero-order valence-electron chi connectivity index (χ0n) is 18.1. The number of allylic oxidation sites excluding steroid dienone is 1. The van der Waals surface area contributed by atoms with Gasteiger partial charge in [-0.15, -0.1) is 0 Å². The Morgan fingerprint density at radius 2 is 1.76 bits per heavy atom. The zero-order valence-corrected chi connectivity index (χ0v) is 19.7. The Labute approximate surface area is 200 Å². The molecule has 0 saturated carbocycles. The fourth-order valence-corrected chi connectivity index (χ4v) is 5.99. The molecule has 3 aromatic carbocycles. The highest BCUT2D eigenvalue weighted by Crippen LogP contribution is 2.41. The van der Waals surface area contributed by atoms with E-state index in [-0.39, 0.29) is 11.6 Å². The Bertz CT molecular complexity index is 1610. The number of nitrogens with zero attached hydrogens (tertiary/aromatic N) is 2. The topological polar surface area (TPSA) is 34.4 Å². The van der Waals surface area contributed by atoms with E-state index >= 15 is 0 Å². The zero-order chi connectivity index (χ0) is 22.5. The molecule has 1 aliphatic carbocycles. The summed E-state index contributed by atoms with van der Waals surface area (Å²) >= 11 is 7.81. The Morgan fingerprint density at radius 1 is 1.00 bits per heavy atom. The van der Waals surface area contributed by atoms with Crippen molar-refractivity contribution < 1.29 is 0 Å². The first-order chi connectivity index (χ1) is 16.1. The number of benzene rings is 3. The normalized spacial score (nSPS) is 17.3. The van der Waals surface area contributed by atoms with E-state index < -0.39 is 0 Å². The van der Waals surface area contributed by atoms with E-state index in [1.54, 1.807) is 0 Å². The molecule has 4 aromatic rings. The standard InChI is InChI=1S/C28H21ClN2OS/c1-17-10-12-19(13-11-17)26-22-15-14-18-6-2-4-8-21(18)25(22)30-28-31(26)27(32)24(33-28)16-20-7-3-5-9-23(20)29/h2-13,16,26H,14-15H2,1H3/b24-16+. The van der Waals surface area contributed by atoms with E-state index in [0.29, 0.717) is 9.55 Å². The van der Waals surface area contributed by atoms with Crippen LogP contribution in [0.5, 0.6) is 0 Å². The molecule has 1 unspecified atom stereocenters. The van der Waals surface area contributed by atoms with Crippen molar-refractivity contribution >= 4 is 34.7 Å². The summed E-state index contributed by atoms with van der Waals surface area (Å²) in [5.41, 5.74) is 7.88. The fourth-order valence-electron chi connectivity index (χ4n) is 4.80. The van der Waals surface area contributed by atoms with Crippen LogP contribution in [0.4, 0.5) is 0 Å². The van der Waals surface area contributed by atoms with Gasteiger partial charge in [0.2, 0.25) is 0 Å². The average molecular weight is 469 g/mol. The summed E-state index contributed by atoms with van der Waals surface area (Å²) in [5.74, 6) is 0. The first-order valence-electron chi connectivity index (χ1n) is 11.0. The molecule has 1 aromatic heterocycles. The van der Waals surface area contributed by atoms with Gasteiger partial charge in [0, 0.05) is 10.6 Å². The minimum atomic E-state index is -0.154. The molecule has 0 N–H and O–H groups in total. The maximum atomic E-state index is 13.7. The molecule has 6 rings (SSSR count). The minimum absolute atomic E-state index is 0.0188. The maximum Gasteiger partial charge on any atom is 0.271 e. The van der Waals surface area contributed by atoms with Crippen molar-refractivity contribution in [2.24, 2.45) is 4.99 Å². The van der Waals surface area contributed by atoms with Crippen LogP contribution in [0.3, 0.4) is 0 Å². The number of rotatable bonds is 2. The molecule has 3 nitrogen and oxygen atoms in total. The van der Waals surface area contributed by atoms with Crippen LogP contribution in [-0.2, 0) is 6.42 Å². The number of hydrogen-bond acceptors (Lipinski definition) is 3. The van der Waals surface area contributed by atoms with Gasteiger partial charge in [-0.2, -0.15) is 0 Å². The van der Waals surface area contributed by atoms with E-state index in [4.69, 9.17) is 16.6 Å². The molecule has 0 spiro atoms. The van der Waals surface area contributed by atoms with E-state index in [1.807, 2.05) is 34.9 Å². The van der Waals surface area contributed by atoms with Crippen LogP contribution in [0.1, 0.15) is 40.3 Å². The number of thiazole rings is 1. The molecule has 1 aliphatic heterocycles. The van der Waals surface area contributed by atoms with Gasteiger partial charge < -0.3 is 0 Å². The summed E-state index contributed by atoms with van der Waals surface area (Å²) < 4.78 is 2.53. The summed E-state index contributed by atoms with van der Waals surface area (Å²) in [5, 5.41) is 0.631. The second-order valence-electron chi connectivity index (χ2n) is 8.55. The molecule has 0 saturated heterocycles. The molecular weight excluding hydrogens is 448 g/mol. The van der Waals surface area contributed by atoms with E-state index in [1.165, 1.54) is 33.6 Å². The van der Waals surface area contributed by atoms with Crippen molar-refractivity contribution in [3.05, 3.63) is 131 Å². The number of aromatic nitrogens is 1. The van der Waals surface area contributed by atoms with Crippen LogP contribution >= 0.6 is 22.9 Å². The number of aryl methyl sites for hydroxylation is 2. The summed E-state index contributed by atoms with van der Waals surface area (Å²) in [6, 6.07) is 24.4. The van der Waals surface area contributed by atoms with Gasteiger partial charge in [0.25, 0.3) is 5.56 Å². The Morgan fingerprint density at radius 3 is 2.58 bits per heavy atom. The SMILES string of the molecule is Cc1ccc(C2C3=C(N=c4s/c(=C/c5ccccc5Cl)c(=O)n42)c2ccccc2CC3)cc1. The van der Waals surface area contributed by atoms with Crippen molar-refractivity contribution in [2.75, 3.05) is 0 Å². The van der Waals surface area contributed by atoms with Crippen LogP contribution in [0, 0.1) is 6.92 Å². The van der Waals surface area contributed by atoms with Gasteiger partial charge in [-0.25, -0.2) is 4.99 Å². The molecule has 0 amide bonds. The second-order valence-corrected chi connectivity index (χ2v) is 9.96. The Balaban J connectivity index is 1.64. The number of hydrogen-bond donors (Lipinski definition) is 0. The first-order valence-corrected chi connectivity index (χ1v) is 12.2. The monoisotopic (exact) mass is 468 g/mol. The lowest BCUT2D eigenvalue weighted by molar-refractivity contribution is 0.585. The molecule has 0 fully saturated rings. The largest absolute Gasteiger partial charge is 0.272 e. The second kappa shape index (κ2) is 7.98. The summed E-state index contributed by atoms with van der Waals surface area (Å²) in [4.78, 5) is 19.5. The van der Waals surface area contributed by atoms with E-state index in [9.17, 15) is 4.79 Å². The molecule has 0 bridgehead atoms. The van der Waals surface area contributed by atoms with Gasteiger partial charge in [0.1, 0.15) is 0 Å². The van der Waals surface area contributed by atoms with Gasteiger partial charge in [-0.3, -0.25) is 9.36 Å². The van der Waals surface area contributed by atoms with Gasteiger partial charge in [-0.05, 0) is 54.2 Å². The molecule has 162 valence electrons. The highest BCUT2D eigenvalue weighted by molar-refractivity contribution is 7.07. The Kier molecular flexibility index (Phi) is 4.93. The third-order valence-corrected chi connectivity index (χ3v) is 7.79. The molecule has 5 heteroatoms. The summed E-state index contributed by atoms with van der Waals surface area (Å²) in [6.45, 7) is 2.08. The maximum absolute atomic E-state index is 13.7. The first kappa shape index (κ1) is 20.4. The van der Waals surface area contributed by atoms with Crippen LogP contribution in [0.25, 0.3) is 11.8 Å². The van der Waals surface area contributed by atoms with Crippen LogP contribution in [0.2, 0.25) is 5.02 Å². The predicted octanol–water partition coefficient (Wildman–Crippen LogP) is 5.28. The van der Waals surface area contributed by atoms with Gasteiger partial charge in [-0.1, -0.05) is 95.2 Å². The highest BCUT2D eigenvalue weighted by atomic mass is 35.5. The summed E-state index contributed by atoms with van der Waals surface area (Å²) in [6.07, 6.45) is 3.73. The molecule has 1 atom stereocenters. The van der Waals surface area contributed by atoms with Crippen molar-refractivity contribution in [1.82, 2.24) is 4.57 Å². The Hall–Kier alpha value is -3.21. The molecule has 2 aliphatic rings. The van der Waals surface area contributed by atoms with Crippen LogP contribution in [0.15, 0.2) is 88.2 Å². The molecular formula is C28H21ClN2OS. The van der Waals surface area contributed by atoms with Gasteiger partial charge in [0.15, 0.2) is 4.80 Å². The van der Waals surface area contributed by atoms with Crippen LogP contribution in [-0.4, -0.2) is 4.57 Å². The van der Waals surface area contributed by atoms with E-state index in [0.717, 1.165) is 34.5 Å². The summed E-state index contributed by atoms with van der Waals surface area (Å²) in [7, 11) is 0. The van der Waals surface area contributed by atoms with Gasteiger partial charge in [0.05, 0.1) is 16.3 Å².